The lowest BCUT2D eigenvalue weighted by Crippen LogP contribution is -2.37. The zero-order chi connectivity index (χ0) is 13.8. The Morgan fingerprint density at radius 1 is 1.50 bits per heavy atom. The second-order valence-electron chi connectivity index (χ2n) is 3.70. The van der Waals surface area contributed by atoms with Gasteiger partial charge in [0.2, 0.25) is 10.0 Å². The van der Waals surface area contributed by atoms with Gasteiger partial charge in [0.25, 0.3) is 0 Å². The summed E-state index contributed by atoms with van der Waals surface area (Å²) in [5, 5.41) is 9.05. The fourth-order valence-electron chi connectivity index (χ4n) is 1.39. The van der Waals surface area contributed by atoms with Crippen molar-refractivity contribution in [2.45, 2.75) is 24.3 Å². The molecule has 0 amide bonds. The van der Waals surface area contributed by atoms with Gasteiger partial charge in [0.05, 0.1) is 13.7 Å². The van der Waals surface area contributed by atoms with Crippen LogP contribution in [0.3, 0.4) is 0 Å². The van der Waals surface area contributed by atoms with Crippen LogP contribution in [0.15, 0.2) is 27.6 Å². The zero-order valence-corrected chi connectivity index (χ0v) is 12.6. The van der Waals surface area contributed by atoms with Gasteiger partial charge in [-0.05, 0) is 24.6 Å². The molecule has 0 aromatic heterocycles. The van der Waals surface area contributed by atoms with Crippen LogP contribution < -0.4 is 9.46 Å². The van der Waals surface area contributed by atoms with E-state index in [9.17, 15) is 8.42 Å². The fraction of sp³-hybridized carbons (Fsp3) is 0.455. The van der Waals surface area contributed by atoms with Gasteiger partial charge in [-0.1, -0.05) is 22.9 Å². The van der Waals surface area contributed by atoms with Crippen molar-refractivity contribution in [3.8, 4) is 5.75 Å². The molecule has 0 spiro atoms. The molecule has 0 aliphatic rings. The summed E-state index contributed by atoms with van der Waals surface area (Å²) < 4.78 is 32.4. The number of benzene rings is 1. The maximum atomic E-state index is 12.2. The average molecular weight is 338 g/mol. The van der Waals surface area contributed by atoms with Crippen LogP contribution in [0.25, 0.3) is 0 Å². The molecule has 1 aromatic rings. The lowest BCUT2D eigenvalue weighted by atomic mass is 10.3. The lowest BCUT2D eigenvalue weighted by Gasteiger charge is -2.16. The van der Waals surface area contributed by atoms with Gasteiger partial charge >= 0.3 is 0 Å². The number of rotatable bonds is 6. The van der Waals surface area contributed by atoms with Gasteiger partial charge in [0.1, 0.15) is 10.6 Å². The second-order valence-corrected chi connectivity index (χ2v) is 6.30. The van der Waals surface area contributed by atoms with Crippen molar-refractivity contribution in [1.82, 2.24) is 4.72 Å². The summed E-state index contributed by atoms with van der Waals surface area (Å²) in [5.74, 6) is 0.262. The number of halogens is 1. The van der Waals surface area contributed by atoms with Crippen molar-refractivity contribution in [2.75, 3.05) is 13.7 Å². The molecule has 5 nitrogen and oxygen atoms in total. The number of ether oxygens (including phenoxy) is 1. The molecule has 0 heterocycles. The Morgan fingerprint density at radius 2 is 2.17 bits per heavy atom. The molecule has 0 saturated heterocycles. The molecule has 18 heavy (non-hydrogen) atoms. The van der Waals surface area contributed by atoms with Crippen molar-refractivity contribution >= 4 is 26.0 Å². The molecule has 7 heteroatoms. The van der Waals surface area contributed by atoms with Crippen LogP contribution in [0.1, 0.15) is 13.3 Å². The SMILES string of the molecule is CC[C@H](CO)NS(=O)(=O)c1cc(Br)ccc1OC. The van der Waals surface area contributed by atoms with Crippen LogP contribution in [0, 0.1) is 0 Å². The first-order chi connectivity index (χ1) is 8.44. The third-order valence-electron chi connectivity index (χ3n) is 2.45. The molecule has 0 unspecified atom stereocenters. The number of aliphatic hydroxyl groups is 1. The van der Waals surface area contributed by atoms with Gasteiger partial charge in [-0.25, -0.2) is 13.1 Å². The molecule has 1 aromatic carbocycles. The first-order valence-corrected chi connectivity index (χ1v) is 7.69. The Labute approximate surface area is 115 Å². The Bertz CT molecular complexity index is 500. The van der Waals surface area contributed by atoms with Crippen molar-refractivity contribution in [2.24, 2.45) is 0 Å². The summed E-state index contributed by atoms with van der Waals surface area (Å²) in [4.78, 5) is 0.0475. The van der Waals surface area contributed by atoms with Gasteiger partial charge in [-0.15, -0.1) is 0 Å². The predicted molar refractivity (Wildman–Crippen MR) is 72.2 cm³/mol. The van der Waals surface area contributed by atoms with E-state index in [-0.39, 0.29) is 17.3 Å². The maximum absolute atomic E-state index is 12.2. The van der Waals surface area contributed by atoms with Gasteiger partial charge in [0, 0.05) is 10.5 Å². The van der Waals surface area contributed by atoms with Crippen LogP contribution >= 0.6 is 15.9 Å². The molecular formula is C11H16BrNO4S. The fourth-order valence-corrected chi connectivity index (χ4v) is 3.41. The van der Waals surface area contributed by atoms with Crippen molar-refractivity contribution < 1.29 is 18.3 Å². The summed E-state index contributed by atoms with van der Waals surface area (Å²) in [6.07, 6.45) is 0.506. The van der Waals surface area contributed by atoms with E-state index in [4.69, 9.17) is 9.84 Å². The minimum atomic E-state index is -3.71. The smallest absolute Gasteiger partial charge is 0.244 e. The molecule has 0 aliphatic heterocycles. The summed E-state index contributed by atoms with van der Waals surface area (Å²) in [7, 11) is -2.31. The largest absolute Gasteiger partial charge is 0.495 e. The quantitative estimate of drug-likeness (QED) is 0.824. The molecule has 0 bridgehead atoms. The molecule has 1 atom stereocenters. The topological polar surface area (TPSA) is 75.6 Å². The summed E-state index contributed by atoms with van der Waals surface area (Å²) in [6, 6.07) is 4.23. The Balaban J connectivity index is 3.15. The van der Waals surface area contributed by atoms with E-state index in [0.717, 1.165) is 0 Å². The first-order valence-electron chi connectivity index (χ1n) is 5.41. The van der Waals surface area contributed by atoms with Crippen LogP contribution in [0.2, 0.25) is 0 Å². The van der Waals surface area contributed by atoms with Crippen molar-refractivity contribution in [1.29, 1.82) is 0 Å². The van der Waals surface area contributed by atoms with Crippen LogP contribution in [0.5, 0.6) is 5.75 Å². The van der Waals surface area contributed by atoms with E-state index in [1.54, 1.807) is 19.1 Å². The minimum absolute atomic E-state index is 0.0475. The predicted octanol–water partition coefficient (Wildman–Crippen LogP) is 1.51. The molecule has 0 radical (unpaired) electrons. The highest BCUT2D eigenvalue weighted by atomic mass is 79.9. The van der Waals surface area contributed by atoms with Crippen LogP contribution in [-0.2, 0) is 10.0 Å². The van der Waals surface area contributed by atoms with Crippen LogP contribution in [-0.4, -0.2) is 33.3 Å². The van der Waals surface area contributed by atoms with E-state index in [2.05, 4.69) is 20.7 Å². The molecule has 102 valence electrons. The van der Waals surface area contributed by atoms with E-state index < -0.39 is 16.1 Å². The van der Waals surface area contributed by atoms with E-state index >= 15 is 0 Å². The number of aliphatic hydroxyl groups excluding tert-OH is 1. The molecule has 2 N–H and O–H groups in total. The highest BCUT2D eigenvalue weighted by Gasteiger charge is 2.22. The third kappa shape index (κ3) is 3.68. The van der Waals surface area contributed by atoms with Crippen molar-refractivity contribution in [3.63, 3.8) is 0 Å². The number of sulfonamides is 1. The summed E-state index contributed by atoms with van der Waals surface area (Å²) >= 11 is 3.22. The Morgan fingerprint density at radius 3 is 2.67 bits per heavy atom. The van der Waals surface area contributed by atoms with Gasteiger partial charge in [-0.2, -0.15) is 0 Å². The van der Waals surface area contributed by atoms with Gasteiger partial charge in [-0.3, -0.25) is 0 Å². The van der Waals surface area contributed by atoms with E-state index in [0.29, 0.717) is 10.9 Å². The second kappa shape index (κ2) is 6.51. The monoisotopic (exact) mass is 337 g/mol. The average Bonchev–Trinajstić information content (AvgIpc) is 2.36. The number of methoxy groups -OCH3 is 1. The molecular weight excluding hydrogens is 322 g/mol. The number of nitrogens with one attached hydrogen (secondary N) is 1. The Kier molecular flexibility index (Phi) is 5.58. The molecule has 0 fully saturated rings. The highest BCUT2D eigenvalue weighted by Crippen LogP contribution is 2.27. The minimum Gasteiger partial charge on any atom is -0.495 e. The van der Waals surface area contributed by atoms with E-state index in [1.165, 1.54) is 13.2 Å². The molecule has 1 rings (SSSR count). The highest BCUT2D eigenvalue weighted by molar-refractivity contribution is 9.10. The number of hydrogen-bond acceptors (Lipinski definition) is 4. The van der Waals surface area contributed by atoms with Crippen molar-refractivity contribution in [3.05, 3.63) is 22.7 Å². The molecule has 0 saturated carbocycles. The van der Waals surface area contributed by atoms with Gasteiger partial charge < -0.3 is 9.84 Å². The Hall–Kier alpha value is -0.630. The first kappa shape index (κ1) is 15.4. The van der Waals surface area contributed by atoms with Crippen LogP contribution in [0.4, 0.5) is 0 Å². The third-order valence-corrected chi connectivity index (χ3v) is 4.49. The number of hydrogen-bond donors (Lipinski definition) is 2. The maximum Gasteiger partial charge on any atom is 0.244 e. The normalized spacial score (nSPS) is 13.3. The van der Waals surface area contributed by atoms with E-state index in [1.807, 2.05) is 0 Å². The lowest BCUT2D eigenvalue weighted by molar-refractivity contribution is 0.253. The summed E-state index contributed by atoms with van der Waals surface area (Å²) in [6.45, 7) is 1.55. The molecule has 0 aliphatic carbocycles. The zero-order valence-electron chi connectivity index (χ0n) is 10.2. The standard InChI is InChI=1S/C11H16BrNO4S/c1-3-9(7-14)13-18(15,16)11-6-8(12)4-5-10(11)17-2/h4-6,9,13-14H,3,7H2,1-2H3/t9-/m1/s1. The van der Waals surface area contributed by atoms with Gasteiger partial charge in [0.15, 0.2) is 0 Å². The summed E-state index contributed by atoms with van der Waals surface area (Å²) in [5.41, 5.74) is 0.